The molecule has 0 saturated heterocycles. The summed E-state index contributed by atoms with van der Waals surface area (Å²) in [6.07, 6.45) is 4.88. The molecule has 0 saturated carbocycles. The van der Waals surface area contributed by atoms with Gasteiger partial charge in [-0.05, 0) is 43.2 Å². The highest BCUT2D eigenvalue weighted by Crippen LogP contribution is 2.35. The van der Waals surface area contributed by atoms with Crippen LogP contribution in [0.2, 0.25) is 0 Å². The van der Waals surface area contributed by atoms with Crippen LogP contribution in [0.4, 0.5) is 5.82 Å². The van der Waals surface area contributed by atoms with Crippen molar-refractivity contribution in [2.75, 3.05) is 11.9 Å². The standard InChI is InChI=1S/C21H29N5O2.ClH/c1-13(2)19(22)21(28)23-12-18(27)25-20-14(3)11-24-26(20)17-10-6-8-15-7-4-5-9-16(15)17;/h4-5,7,9,11,13,17,19H,6,8,10,12,22H2,1-3H3,(H,23,28)(H,25,27);1H/t17?,19-;/m0./s1. The van der Waals surface area contributed by atoms with E-state index in [0.717, 1.165) is 24.8 Å². The topological polar surface area (TPSA) is 102 Å². The van der Waals surface area contributed by atoms with E-state index in [0.29, 0.717) is 5.82 Å². The van der Waals surface area contributed by atoms with Crippen LogP contribution in [0.5, 0.6) is 0 Å². The molecule has 0 spiro atoms. The number of nitrogens with two attached hydrogens (primary N) is 1. The Morgan fingerprint density at radius 3 is 2.76 bits per heavy atom. The first kappa shape index (κ1) is 22.9. The van der Waals surface area contributed by atoms with E-state index in [-0.39, 0.29) is 42.7 Å². The van der Waals surface area contributed by atoms with E-state index in [1.807, 2.05) is 31.5 Å². The Hall–Kier alpha value is -2.38. The molecule has 3 rings (SSSR count). The number of nitrogens with zero attached hydrogens (tertiary/aromatic N) is 2. The summed E-state index contributed by atoms with van der Waals surface area (Å²) >= 11 is 0. The van der Waals surface area contributed by atoms with Crippen LogP contribution in [-0.4, -0.2) is 34.2 Å². The van der Waals surface area contributed by atoms with Crippen molar-refractivity contribution in [3.05, 3.63) is 47.2 Å². The van der Waals surface area contributed by atoms with Crippen LogP contribution in [0.25, 0.3) is 0 Å². The van der Waals surface area contributed by atoms with Gasteiger partial charge in [0, 0.05) is 5.56 Å². The first-order valence-corrected chi connectivity index (χ1v) is 9.83. The summed E-state index contributed by atoms with van der Waals surface area (Å²) in [5.74, 6) is 0.0713. The van der Waals surface area contributed by atoms with Gasteiger partial charge in [0.1, 0.15) is 5.82 Å². The van der Waals surface area contributed by atoms with Gasteiger partial charge in [-0.2, -0.15) is 5.10 Å². The Labute approximate surface area is 177 Å². The van der Waals surface area contributed by atoms with Gasteiger partial charge < -0.3 is 16.4 Å². The van der Waals surface area contributed by atoms with Gasteiger partial charge in [0.15, 0.2) is 0 Å². The average Bonchev–Trinajstić information content (AvgIpc) is 3.05. The number of aromatic nitrogens is 2. The van der Waals surface area contributed by atoms with Crippen molar-refractivity contribution in [1.82, 2.24) is 15.1 Å². The van der Waals surface area contributed by atoms with Crippen molar-refractivity contribution in [3.63, 3.8) is 0 Å². The monoisotopic (exact) mass is 419 g/mol. The molecular formula is C21H30ClN5O2. The lowest BCUT2D eigenvalue weighted by molar-refractivity contribution is -0.125. The van der Waals surface area contributed by atoms with E-state index in [4.69, 9.17) is 5.73 Å². The Bertz CT molecular complexity index is 865. The number of carbonyl (C=O) groups is 2. The summed E-state index contributed by atoms with van der Waals surface area (Å²) in [4.78, 5) is 24.4. The van der Waals surface area contributed by atoms with Crippen LogP contribution >= 0.6 is 12.4 Å². The predicted octanol–water partition coefficient (Wildman–Crippen LogP) is 2.58. The Balaban J connectivity index is 0.00000300. The molecule has 8 heteroatoms. The molecule has 2 amide bonds. The number of anilines is 1. The number of amides is 2. The second-order valence-corrected chi connectivity index (χ2v) is 7.76. The number of hydrogen-bond acceptors (Lipinski definition) is 4. The third kappa shape index (κ3) is 5.16. The third-order valence-electron chi connectivity index (χ3n) is 5.31. The number of nitrogens with one attached hydrogen (secondary N) is 2. The molecule has 2 atom stereocenters. The summed E-state index contributed by atoms with van der Waals surface area (Å²) in [7, 11) is 0. The highest BCUT2D eigenvalue weighted by molar-refractivity contribution is 5.95. The lowest BCUT2D eigenvalue weighted by atomic mass is 9.88. The quantitative estimate of drug-likeness (QED) is 0.669. The van der Waals surface area contributed by atoms with Crippen molar-refractivity contribution in [3.8, 4) is 0 Å². The second-order valence-electron chi connectivity index (χ2n) is 7.76. The molecule has 29 heavy (non-hydrogen) atoms. The fourth-order valence-corrected chi connectivity index (χ4v) is 3.59. The Kier molecular flexibility index (Phi) is 7.81. The number of benzene rings is 1. The average molecular weight is 420 g/mol. The van der Waals surface area contributed by atoms with E-state index in [1.165, 1.54) is 11.1 Å². The van der Waals surface area contributed by atoms with E-state index >= 15 is 0 Å². The molecule has 0 bridgehead atoms. The van der Waals surface area contributed by atoms with Crippen molar-refractivity contribution < 1.29 is 9.59 Å². The van der Waals surface area contributed by atoms with E-state index < -0.39 is 6.04 Å². The minimum Gasteiger partial charge on any atom is -0.346 e. The van der Waals surface area contributed by atoms with Crippen molar-refractivity contribution in [2.45, 2.75) is 52.1 Å². The number of rotatable bonds is 6. The molecule has 1 unspecified atom stereocenters. The number of halogens is 1. The number of hydrogen-bond donors (Lipinski definition) is 3. The van der Waals surface area contributed by atoms with Crippen LogP contribution in [-0.2, 0) is 16.0 Å². The smallest absolute Gasteiger partial charge is 0.244 e. The number of aryl methyl sites for hydroxylation is 2. The molecule has 1 aromatic heterocycles. The van der Waals surface area contributed by atoms with Crippen LogP contribution in [0, 0.1) is 12.8 Å². The van der Waals surface area contributed by atoms with Gasteiger partial charge in [-0.3, -0.25) is 9.59 Å². The van der Waals surface area contributed by atoms with E-state index in [2.05, 4.69) is 33.9 Å². The van der Waals surface area contributed by atoms with Gasteiger partial charge >= 0.3 is 0 Å². The van der Waals surface area contributed by atoms with Crippen LogP contribution in [0.15, 0.2) is 30.5 Å². The van der Waals surface area contributed by atoms with Gasteiger partial charge in [-0.15, -0.1) is 12.4 Å². The molecule has 4 N–H and O–H groups in total. The minimum atomic E-state index is -0.626. The van der Waals surface area contributed by atoms with Gasteiger partial charge in [0.05, 0.1) is 24.8 Å². The highest BCUT2D eigenvalue weighted by Gasteiger charge is 2.25. The maximum absolute atomic E-state index is 12.4. The molecule has 0 radical (unpaired) electrons. The molecule has 0 fully saturated rings. The molecule has 158 valence electrons. The van der Waals surface area contributed by atoms with Crippen LogP contribution in [0.3, 0.4) is 0 Å². The van der Waals surface area contributed by atoms with Gasteiger partial charge in [-0.1, -0.05) is 38.1 Å². The van der Waals surface area contributed by atoms with E-state index in [1.54, 1.807) is 6.20 Å². The molecule has 0 aliphatic heterocycles. The van der Waals surface area contributed by atoms with Crippen molar-refractivity contribution in [2.24, 2.45) is 11.7 Å². The highest BCUT2D eigenvalue weighted by atomic mass is 35.5. The lowest BCUT2D eigenvalue weighted by Crippen LogP contribution is -2.46. The molecule has 1 aliphatic carbocycles. The summed E-state index contributed by atoms with van der Waals surface area (Å²) in [6.45, 7) is 5.54. The summed E-state index contributed by atoms with van der Waals surface area (Å²) in [5, 5.41) is 10.1. The van der Waals surface area contributed by atoms with E-state index in [9.17, 15) is 9.59 Å². The predicted molar refractivity (Wildman–Crippen MR) is 116 cm³/mol. The summed E-state index contributed by atoms with van der Waals surface area (Å²) in [5.41, 5.74) is 9.29. The van der Waals surface area contributed by atoms with Crippen molar-refractivity contribution in [1.29, 1.82) is 0 Å². The SMILES string of the molecule is Cc1cnn(C2CCCc3ccccc32)c1NC(=O)CNC(=O)[C@@H](N)C(C)C.Cl. The van der Waals surface area contributed by atoms with Gasteiger partial charge in [0.25, 0.3) is 0 Å². The normalized spacial score (nSPS) is 16.5. The lowest BCUT2D eigenvalue weighted by Gasteiger charge is -2.27. The maximum atomic E-state index is 12.4. The molecule has 1 heterocycles. The summed E-state index contributed by atoms with van der Waals surface area (Å²) in [6, 6.07) is 7.86. The third-order valence-corrected chi connectivity index (χ3v) is 5.31. The van der Waals surface area contributed by atoms with Crippen LogP contribution < -0.4 is 16.4 Å². The number of fused-ring (bicyclic) bond motifs is 1. The summed E-state index contributed by atoms with van der Waals surface area (Å²) < 4.78 is 1.90. The fraction of sp³-hybridized carbons (Fsp3) is 0.476. The zero-order valence-corrected chi connectivity index (χ0v) is 18.0. The first-order chi connectivity index (χ1) is 13.4. The largest absolute Gasteiger partial charge is 0.346 e. The maximum Gasteiger partial charge on any atom is 0.244 e. The second kappa shape index (κ2) is 9.89. The Morgan fingerprint density at radius 2 is 2.03 bits per heavy atom. The van der Waals surface area contributed by atoms with Gasteiger partial charge in [0.2, 0.25) is 11.8 Å². The van der Waals surface area contributed by atoms with Crippen LogP contribution in [0.1, 0.15) is 49.4 Å². The molecule has 7 nitrogen and oxygen atoms in total. The zero-order chi connectivity index (χ0) is 20.3. The van der Waals surface area contributed by atoms with Crippen molar-refractivity contribution >= 4 is 30.0 Å². The molecule has 1 aliphatic rings. The number of carbonyl (C=O) groups excluding carboxylic acids is 2. The van der Waals surface area contributed by atoms with Gasteiger partial charge in [-0.25, -0.2) is 4.68 Å². The molecule has 2 aromatic rings. The minimum absolute atomic E-state index is 0. The molecule has 1 aromatic carbocycles. The first-order valence-electron chi connectivity index (χ1n) is 9.83. The Morgan fingerprint density at radius 1 is 1.31 bits per heavy atom. The molecular weight excluding hydrogens is 390 g/mol. The zero-order valence-electron chi connectivity index (χ0n) is 17.1. The fourth-order valence-electron chi connectivity index (χ4n) is 3.59.